The molecule has 0 saturated carbocycles. The molecule has 3 aromatic carbocycles. The molecule has 0 bridgehead atoms. The zero-order chi connectivity index (χ0) is 21.3. The summed E-state index contributed by atoms with van der Waals surface area (Å²) < 4.78 is 57.8. The van der Waals surface area contributed by atoms with Gasteiger partial charge in [-0.3, -0.25) is 9.00 Å². The zero-order valence-corrected chi connectivity index (χ0v) is 16.3. The van der Waals surface area contributed by atoms with Gasteiger partial charge in [-0.25, -0.2) is 0 Å². The number of rotatable bonds is 5. The molecule has 0 N–H and O–H groups in total. The smallest absolute Gasteiger partial charge is 0.416 e. The summed E-state index contributed by atoms with van der Waals surface area (Å²) in [5.41, 5.74) is 0.400. The number of benzene rings is 3. The molecule has 4 aromatic rings. The molecule has 1 aromatic heterocycles. The molecule has 152 valence electrons. The highest BCUT2D eigenvalue weighted by atomic mass is 32.2. The fraction of sp³-hybridized carbons (Fsp3) is 0.0870. The lowest BCUT2D eigenvalue weighted by molar-refractivity contribution is -0.137. The maximum atomic E-state index is 13.0. The first-order valence-corrected chi connectivity index (χ1v) is 10.3. The van der Waals surface area contributed by atoms with Crippen LogP contribution in [0.3, 0.4) is 0 Å². The number of hydrogen-bond donors (Lipinski definition) is 0. The van der Waals surface area contributed by atoms with Crippen LogP contribution in [-0.2, 0) is 22.7 Å². The van der Waals surface area contributed by atoms with Crippen molar-refractivity contribution < 1.29 is 26.6 Å². The van der Waals surface area contributed by atoms with Gasteiger partial charge in [0.1, 0.15) is 5.58 Å². The second-order valence-corrected chi connectivity index (χ2v) is 8.07. The van der Waals surface area contributed by atoms with Crippen LogP contribution in [0.2, 0.25) is 0 Å². The van der Waals surface area contributed by atoms with Gasteiger partial charge >= 0.3 is 6.18 Å². The van der Waals surface area contributed by atoms with Gasteiger partial charge in [-0.15, -0.1) is 0 Å². The van der Waals surface area contributed by atoms with Crippen LogP contribution >= 0.6 is 0 Å². The summed E-state index contributed by atoms with van der Waals surface area (Å²) in [5.74, 6) is -0.475. The maximum absolute atomic E-state index is 13.0. The lowest BCUT2D eigenvalue weighted by Crippen LogP contribution is -2.08. The van der Waals surface area contributed by atoms with Gasteiger partial charge in [0.25, 0.3) is 0 Å². The van der Waals surface area contributed by atoms with Crippen molar-refractivity contribution in [2.24, 2.45) is 0 Å². The van der Waals surface area contributed by atoms with E-state index < -0.39 is 22.5 Å². The van der Waals surface area contributed by atoms with Crippen molar-refractivity contribution in [3.05, 3.63) is 101 Å². The molecule has 30 heavy (non-hydrogen) atoms. The molecule has 0 aliphatic rings. The van der Waals surface area contributed by atoms with Gasteiger partial charge < -0.3 is 4.42 Å². The Morgan fingerprint density at radius 3 is 2.33 bits per heavy atom. The summed E-state index contributed by atoms with van der Waals surface area (Å²) in [6.45, 7) is 0. The van der Waals surface area contributed by atoms with Crippen molar-refractivity contribution in [1.29, 1.82) is 0 Å². The normalized spacial score (nSPS) is 12.8. The molecule has 0 fully saturated rings. The monoisotopic (exact) mass is 428 g/mol. The van der Waals surface area contributed by atoms with Gasteiger partial charge in [-0.05, 0) is 24.3 Å². The van der Waals surface area contributed by atoms with Crippen molar-refractivity contribution in [1.82, 2.24) is 0 Å². The van der Waals surface area contributed by atoms with E-state index in [2.05, 4.69) is 0 Å². The lowest BCUT2D eigenvalue weighted by atomic mass is 10.0. The number of halogens is 3. The first kappa shape index (κ1) is 20.1. The van der Waals surface area contributed by atoms with E-state index in [0.717, 1.165) is 12.1 Å². The molecular formula is C23H15F3O3S. The Bertz CT molecular complexity index is 1240. The van der Waals surface area contributed by atoms with Crippen molar-refractivity contribution >= 4 is 27.6 Å². The Hall–Kier alpha value is -3.19. The Morgan fingerprint density at radius 2 is 1.60 bits per heavy atom. The number of alkyl halides is 3. The van der Waals surface area contributed by atoms with E-state index in [1.807, 2.05) is 0 Å². The molecule has 1 heterocycles. The summed E-state index contributed by atoms with van der Waals surface area (Å²) in [6, 6.07) is 19.8. The summed E-state index contributed by atoms with van der Waals surface area (Å²) >= 11 is 0. The summed E-state index contributed by atoms with van der Waals surface area (Å²) in [5, 5.41) is 0.608. The number of para-hydroxylation sites is 1. The van der Waals surface area contributed by atoms with E-state index in [1.54, 1.807) is 54.6 Å². The highest BCUT2D eigenvalue weighted by Crippen LogP contribution is 2.32. The van der Waals surface area contributed by atoms with Crippen LogP contribution in [0.15, 0.2) is 88.2 Å². The molecular weight excluding hydrogens is 413 g/mol. The van der Waals surface area contributed by atoms with Crippen LogP contribution < -0.4 is 0 Å². The first-order chi connectivity index (χ1) is 14.3. The minimum atomic E-state index is -4.53. The fourth-order valence-corrected chi connectivity index (χ4v) is 4.38. The molecule has 0 saturated heterocycles. The molecule has 0 spiro atoms. The molecule has 1 atom stereocenters. The van der Waals surface area contributed by atoms with Crippen LogP contribution in [0.4, 0.5) is 13.2 Å². The Labute approximate surface area is 172 Å². The van der Waals surface area contributed by atoms with Gasteiger partial charge in [0.2, 0.25) is 5.78 Å². The molecule has 0 unspecified atom stereocenters. The lowest BCUT2D eigenvalue weighted by Gasteiger charge is -2.09. The molecule has 0 aliphatic carbocycles. The predicted molar refractivity (Wildman–Crippen MR) is 108 cm³/mol. The standard InChI is InChI=1S/C23H15F3O3S/c24-23(25,26)16-9-6-10-17(13-16)30(28)14-19-18-11-4-5-12-20(18)29-22(19)21(27)15-7-2-1-3-8-15/h1-13H,14H2/t30-/m1/s1. The second kappa shape index (κ2) is 7.91. The van der Waals surface area contributed by atoms with Crippen LogP contribution in [-0.4, -0.2) is 9.99 Å². The topological polar surface area (TPSA) is 47.3 Å². The average Bonchev–Trinajstić information content (AvgIpc) is 3.11. The van der Waals surface area contributed by atoms with Gasteiger partial charge in [-0.1, -0.05) is 54.6 Å². The van der Waals surface area contributed by atoms with Gasteiger partial charge in [0.15, 0.2) is 5.76 Å². The van der Waals surface area contributed by atoms with Crippen LogP contribution in [0, 0.1) is 0 Å². The van der Waals surface area contributed by atoms with Gasteiger partial charge in [0, 0.05) is 21.4 Å². The molecule has 0 amide bonds. The second-order valence-electron chi connectivity index (χ2n) is 6.62. The van der Waals surface area contributed by atoms with Crippen molar-refractivity contribution in [3.8, 4) is 0 Å². The number of ketones is 1. The van der Waals surface area contributed by atoms with Crippen LogP contribution in [0.5, 0.6) is 0 Å². The highest BCUT2D eigenvalue weighted by molar-refractivity contribution is 7.84. The van der Waals surface area contributed by atoms with Crippen LogP contribution in [0.25, 0.3) is 11.0 Å². The van der Waals surface area contributed by atoms with E-state index in [1.165, 1.54) is 12.1 Å². The van der Waals surface area contributed by atoms with E-state index in [4.69, 9.17) is 4.42 Å². The number of carbonyl (C=O) groups excluding carboxylic acids is 1. The maximum Gasteiger partial charge on any atom is 0.416 e. The molecule has 7 heteroatoms. The third-order valence-corrected chi connectivity index (χ3v) is 5.97. The Morgan fingerprint density at radius 1 is 0.900 bits per heavy atom. The number of furan rings is 1. The Balaban J connectivity index is 1.75. The minimum Gasteiger partial charge on any atom is -0.452 e. The predicted octanol–water partition coefficient (Wildman–Crippen LogP) is 5.99. The molecule has 4 rings (SSSR count). The van der Waals surface area contributed by atoms with E-state index in [0.29, 0.717) is 22.1 Å². The fourth-order valence-electron chi connectivity index (χ4n) is 3.17. The summed E-state index contributed by atoms with van der Waals surface area (Å²) in [6.07, 6.45) is -4.53. The highest BCUT2D eigenvalue weighted by Gasteiger charge is 2.31. The summed E-state index contributed by atoms with van der Waals surface area (Å²) in [7, 11) is -1.81. The van der Waals surface area contributed by atoms with Gasteiger partial charge in [0.05, 0.1) is 22.1 Å². The van der Waals surface area contributed by atoms with E-state index >= 15 is 0 Å². The zero-order valence-electron chi connectivity index (χ0n) is 15.5. The Kier molecular flexibility index (Phi) is 5.30. The SMILES string of the molecule is O=C(c1ccccc1)c1oc2ccccc2c1C[S@@](=O)c1cccc(C(F)(F)F)c1. The number of hydrogen-bond acceptors (Lipinski definition) is 3. The average molecular weight is 428 g/mol. The largest absolute Gasteiger partial charge is 0.452 e. The minimum absolute atomic E-state index is 0.0354. The van der Waals surface area contributed by atoms with Crippen molar-refractivity contribution in [2.45, 2.75) is 16.8 Å². The first-order valence-electron chi connectivity index (χ1n) is 9.00. The summed E-state index contributed by atoms with van der Waals surface area (Å²) in [4.78, 5) is 13.0. The molecule has 0 aliphatic heterocycles. The number of fused-ring (bicyclic) bond motifs is 1. The van der Waals surface area contributed by atoms with Crippen molar-refractivity contribution in [2.75, 3.05) is 0 Å². The van der Waals surface area contributed by atoms with E-state index in [9.17, 15) is 22.2 Å². The van der Waals surface area contributed by atoms with Crippen LogP contribution in [0.1, 0.15) is 27.2 Å². The number of carbonyl (C=O) groups is 1. The van der Waals surface area contributed by atoms with Crippen molar-refractivity contribution in [3.63, 3.8) is 0 Å². The quantitative estimate of drug-likeness (QED) is 0.367. The van der Waals surface area contributed by atoms with Gasteiger partial charge in [-0.2, -0.15) is 13.2 Å². The molecule has 3 nitrogen and oxygen atoms in total. The third kappa shape index (κ3) is 3.93. The molecule has 0 radical (unpaired) electrons. The van der Waals surface area contributed by atoms with E-state index in [-0.39, 0.29) is 22.2 Å². The third-order valence-electron chi connectivity index (χ3n) is 4.64.